The molecule has 0 aromatic heterocycles. The Morgan fingerprint density at radius 1 is 0.974 bits per heavy atom. The number of sulfonamides is 1. The third-order valence-corrected chi connectivity index (χ3v) is 7.44. The van der Waals surface area contributed by atoms with Gasteiger partial charge in [-0.15, -0.1) is 0 Å². The fraction of sp³-hybridized carbons (Fsp3) is 0.200. The molecule has 0 aliphatic carbocycles. The molecular formula is C25H22Cl3FN2O6S. The topological polar surface area (TPSA) is 122 Å². The highest BCUT2D eigenvalue weighted by molar-refractivity contribution is 7.93. The predicted molar refractivity (Wildman–Crippen MR) is 144 cm³/mol. The quantitative estimate of drug-likeness (QED) is 0.269. The van der Waals surface area contributed by atoms with Gasteiger partial charge in [-0.1, -0.05) is 40.9 Å². The van der Waals surface area contributed by atoms with Gasteiger partial charge in [0.1, 0.15) is 16.5 Å². The third kappa shape index (κ3) is 7.28. The number of benzene rings is 3. The second-order valence-electron chi connectivity index (χ2n) is 9.12. The van der Waals surface area contributed by atoms with Crippen molar-refractivity contribution in [2.75, 3.05) is 4.72 Å². The van der Waals surface area contributed by atoms with E-state index < -0.39 is 44.6 Å². The van der Waals surface area contributed by atoms with Crippen molar-refractivity contribution in [1.82, 2.24) is 5.32 Å². The first kappa shape index (κ1) is 29.5. The predicted octanol–water partition coefficient (Wildman–Crippen LogP) is 6.53. The van der Waals surface area contributed by atoms with Crippen molar-refractivity contribution in [2.24, 2.45) is 0 Å². The first-order chi connectivity index (χ1) is 17.6. The number of carboxylic acids is 1. The van der Waals surface area contributed by atoms with Gasteiger partial charge in [0.15, 0.2) is 5.75 Å². The van der Waals surface area contributed by atoms with E-state index in [-0.39, 0.29) is 43.4 Å². The number of hydrogen-bond acceptors (Lipinski definition) is 5. The van der Waals surface area contributed by atoms with Gasteiger partial charge in [0, 0.05) is 22.7 Å². The van der Waals surface area contributed by atoms with E-state index in [4.69, 9.17) is 44.6 Å². The molecule has 0 saturated carbocycles. The average molecular weight is 604 g/mol. The summed E-state index contributed by atoms with van der Waals surface area (Å²) in [5.74, 6) is -3.01. The van der Waals surface area contributed by atoms with Gasteiger partial charge in [0.25, 0.3) is 15.9 Å². The van der Waals surface area contributed by atoms with E-state index in [0.717, 1.165) is 12.1 Å². The van der Waals surface area contributed by atoms with E-state index in [9.17, 15) is 22.4 Å². The molecule has 0 saturated heterocycles. The van der Waals surface area contributed by atoms with Crippen molar-refractivity contribution in [1.29, 1.82) is 0 Å². The number of halogens is 4. The summed E-state index contributed by atoms with van der Waals surface area (Å²) in [6, 6.07) is 10.0. The molecular weight excluding hydrogens is 582 g/mol. The fourth-order valence-corrected chi connectivity index (χ4v) is 5.68. The minimum atomic E-state index is -4.40. The van der Waals surface area contributed by atoms with Crippen LogP contribution in [-0.2, 0) is 21.2 Å². The zero-order valence-corrected chi connectivity index (χ0v) is 23.3. The highest BCUT2D eigenvalue weighted by Crippen LogP contribution is 2.38. The first-order valence-electron chi connectivity index (χ1n) is 10.9. The number of ether oxygens (including phenoxy) is 1. The molecule has 13 heteroatoms. The molecule has 0 unspecified atom stereocenters. The number of carbonyl (C=O) groups excluding carboxylic acids is 1. The van der Waals surface area contributed by atoms with Gasteiger partial charge in [0.2, 0.25) is 0 Å². The molecule has 0 fully saturated rings. The van der Waals surface area contributed by atoms with Crippen molar-refractivity contribution in [3.63, 3.8) is 0 Å². The van der Waals surface area contributed by atoms with Crippen molar-refractivity contribution in [3.8, 4) is 11.5 Å². The van der Waals surface area contributed by atoms with Gasteiger partial charge in [-0.25, -0.2) is 12.8 Å². The molecule has 0 radical (unpaired) electrons. The zero-order chi connectivity index (χ0) is 28.4. The smallest absolute Gasteiger partial charge is 0.307 e. The van der Waals surface area contributed by atoms with Gasteiger partial charge in [0.05, 0.1) is 27.2 Å². The van der Waals surface area contributed by atoms with Crippen molar-refractivity contribution < 1.29 is 32.2 Å². The molecule has 3 aromatic rings. The summed E-state index contributed by atoms with van der Waals surface area (Å²) in [5.41, 5.74) is -0.865. The minimum absolute atomic E-state index is 0.0873. The molecule has 38 heavy (non-hydrogen) atoms. The number of carboxylic acid groups (broad SMARTS) is 1. The number of aliphatic carboxylic acids is 1. The summed E-state index contributed by atoms with van der Waals surface area (Å²) >= 11 is 18.4. The van der Waals surface area contributed by atoms with E-state index in [1.165, 1.54) is 36.4 Å². The van der Waals surface area contributed by atoms with Gasteiger partial charge >= 0.3 is 5.97 Å². The molecule has 3 N–H and O–H groups in total. The maximum atomic E-state index is 14.5. The second kappa shape index (κ2) is 11.4. The van der Waals surface area contributed by atoms with Gasteiger partial charge < -0.3 is 15.2 Å². The Hall–Kier alpha value is -3.05. The maximum Gasteiger partial charge on any atom is 0.307 e. The van der Waals surface area contributed by atoms with Crippen LogP contribution < -0.4 is 14.8 Å². The first-order valence-corrected chi connectivity index (χ1v) is 13.5. The Kier molecular flexibility index (Phi) is 8.82. The monoisotopic (exact) mass is 602 g/mol. The summed E-state index contributed by atoms with van der Waals surface area (Å²) in [4.78, 5) is 23.3. The Bertz CT molecular complexity index is 1500. The van der Waals surface area contributed by atoms with Gasteiger partial charge in [-0.2, -0.15) is 0 Å². The van der Waals surface area contributed by atoms with Crippen LogP contribution in [0.25, 0.3) is 0 Å². The van der Waals surface area contributed by atoms with Crippen LogP contribution in [0.1, 0.15) is 36.7 Å². The van der Waals surface area contributed by atoms with E-state index in [1.54, 1.807) is 20.8 Å². The van der Waals surface area contributed by atoms with Crippen LogP contribution in [-0.4, -0.2) is 30.9 Å². The number of rotatable bonds is 8. The molecule has 0 bridgehead atoms. The van der Waals surface area contributed by atoms with E-state index in [2.05, 4.69) is 10.0 Å². The molecule has 3 aromatic carbocycles. The molecule has 0 aliphatic heterocycles. The van der Waals surface area contributed by atoms with Crippen LogP contribution in [0.5, 0.6) is 11.5 Å². The van der Waals surface area contributed by atoms with E-state index >= 15 is 0 Å². The van der Waals surface area contributed by atoms with Crippen LogP contribution in [0.2, 0.25) is 15.1 Å². The molecule has 0 atom stereocenters. The summed E-state index contributed by atoms with van der Waals surface area (Å²) in [5, 5.41) is 11.3. The van der Waals surface area contributed by atoms with E-state index in [1.807, 2.05) is 0 Å². The molecule has 0 spiro atoms. The Balaban J connectivity index is 2.09. The van der Waals surface area contributed by atoms with Crippen LogP contribution >= 0.6 is 34.8 Å². The molecule has 3 rings (SSSR count). The lowest BCUT2D eigenvalue weighted by Crippen LogP contribution is -2.40. The highest BCUT2D eigenvalue weighted by atomic mass is 35.5. The molecule has 0 heterocycles. The largest absolute Gasteiger partial charge is 0.481 e. The number of carbonyl (C=O) groups is 2. The average Bonchev–Trinajstić information content (AvgIpc) is 2.76. The lowest BCUT2D eigenvalue weighted by molar-refractivity contribution is -0.136. The lowest BCUT2D eigenvalue weighted by Gasteiger charge is -2.21. The molecule has 202 valence electrons. The Labute approximate surface area is 233 Å². The number of anilines is 1. The SMILES string of the molecule is CC(C)(C)NC(=O)c1ccc(Oc2cc(F)c(CC(=O)O)cc2Cl)c(NS(=O)(=O)c2c(Cl)cccc2Cl)c1. The Morgan fingerprint density at radius 3 is 2.18 bits per heavy atom. The van der Waals surface area contributed by atoms with Crippen molar-refractivity contribution >= 4 is 62.4 Å². The molecule has 1 amide bonds. The van der Waals surface area contributed by atoms with Crippen molar-refractivity contribution in [2.45, 2.75) is 37.6 Å². The van der Waals surface area contributed by atoms with Gasteiger partial charge in [-0.05, 0) is 57.2 Å². The van der Waals surface area contributed by atoms with Crippen LogP contribution in [0.3, 0.4) is 0 Å². The Morgan fingerprint density at radius 2 is 1.61 bits per heavy atom. The van der Waals surface area contributed by atoms with Crippen molar-refractivity contribution in [3.05, 3.63) is 80.5 Å². The standard InChI is InChI=1S/C25H22Cl3FN2O6S/c1-25(2,3)30-24(34)13-7-8-20(37-21-12-18(29)14(9-17(21)28)11-22(32)33)19(10-13)31-38(35,36)23-15(26)5-4-6-16(23)27/h4-10,12,31H,11H2,1-3H3,(H,30,34)(H,32,33). The third-order valence-electron chi connectivity index (χ3n) is 4.82. The zero-order valence-electron chi connectivity index (χ0n) is 20.2. The summed E-state index contributed by atoms with van der Waals surface area (Å²) in [6.07, 6.45) is -0.604. The number of amides is 1. The fourth-order valence-electron chi connectivity index (χ4n) is 3.25. The molecule has 0 aliphatic rings. The van der Waals surface area contributed by atoms with Crippen LogP contribution in [0.15, 0.2) is 53.4 Å². The maximum absolute atomic E-state index is 14.5. The summed E-state index contributed by atoms with van der Waals surface area (Å²) in [7, 11) is -4.40. The molecule has 8 nitrogen and oxygen atoms in total. The normalized spacial score (nSPS) is 11.7. The van der Waals surface area contributed by atoms with E-state index in [0.29, 0.717) is 0 Å². The summed E-state index contributed by atoms with van der Waals surface area (Å²) in [6.45, 7) is 5.32. The minimum Gasteiger partial charge on any atom is -0.481 e. The van der Waals surface area contributed by atoms with Crippen LogP contribution in [0.4, 0.5) is 10.1 Å². The number of nitrogens with one attached hydrogen (secondary N) is 2. The lowest BCUT2D eigenvalue weighted by atomic mass is 10.1. The summed E-state index contributed by atoms with van der Waals surface area (Å²) < 4.78 is 49.0. The van der Waals surface area contributed by atoms with Crippen LogP contribution in [0, 0.1) is 5.82 Å². The van der Waals surface area contributed by atoms with Gasteiger partial charge in [-0.3, -0.25) is 14.3 Å². The highest BCUT2D eigenvalue weighted by Gasteiger charge is 2.25. The second-order valence-corrected chi connectivity index (χ2v) is 12.0. The number of hydrogen-bond donors (Lipinski definition) is 3.